The van der Waals surface area contributed by atoms with Gasteiger partial charge in [0.2, 0.25) is 6.79 Å². The fraction of sp³-hybridized carbons (Fsp3) is 0.458. The molecule has 2 fully saturated rings. The van der Waals surface area contributed by atoms with Crippen molar-refractivity contribution in [2.75, 3.05) is 33.0 Å². The van der Waals surface area contributed by atoms with E-state index in [0.717, 1.165) is 62.6 Å². The van der Waals surface area contributed by atoms with Gasteiger partial charge in [-0.15, -0.1) is 0 Å². The number of benzene rings is 2. The number of fused-ring (bicyclic) bond motifs is 2. The van der Waals surface area contributed by atoms with Gasteiger partial charge in [-0.05, 0) is 44.0 Å². The van der Waals surface area contributed by atoms with Crippen LogP contribution in [0.3, 0.4) is 0 Å². The third-order valence-corrected chi connectivity index (χ3v) is 6.84. The largest absolute Gasteiger partial charge is 0.454 e. The molecule has 0 radical (unpaired) electrons. The molecule has 6 nitrogen and oxygen atoms in total. The summed E-state index contributed by atoms with van der Waals surface area (Å²) in [5, 5.41) is 3.52. The van der Waals surface area contributed by atoms with Gasteiger partial charge in [0.1, 0.15) is 5.82 Å². The summed E-state index contributed by atoms with van der Waals surface area (Å²) in [6, 6.07) is 15.4. The van der Waals surface area contributed by atoms with Gasteiger partial charge in [-0.25, -0.2) is 4.98 Å². The molecule has 0 unspecified atom stereocenters. The Morgan fingerprint density at radius 2 is 1.90 bits per heavy atom. The third-order valence-electron chi connectivity index (χ3n) is 6.84. The molecule has 6 heteroatoms. The monoisotopic (exact) mass is 404 g/mol. The number of piperidine rings is 1. The second-order valence-corrected chi connectivity index (χ2v) is 8.68. The second-order valence-electron chi connectivity index (χ2n) is 8.68. The standard InChI is InChI=1S/C24H28N4O2/c1-2-6-21-20(5-1)26-24(17-8-11-25-14-17)28(21)19-9-12-27(13-10-19)15-18-4-3-7-22-23(18)30-16-29-22/h1-7,17,19,25H,8-16H2/t17-/m1/s1. The molecule has 3 aliphatic heterocycles. The van der Waals surface area contributed by atoms with Gasteiger partial charge >= 0.3 is 0 Å². The second kappa shape index (κ2) is 7.60. The minimum atomic E-state index is 0.334. The Morgan fingerprint density at radius 1 is 1.00 bits per heavy atom. The summed E-state index contributed by atoms with van der Waals surface area (Å²) in [5.74, 6) is 3.61. The molecule has 156 valence electrons. The van der Waals surface area contributed by atoms with Crippen molar-refractivity contribution >= 4 is 11.0 Å². The quantitative estimate of drug-likeness (QED) is 0.719. The van der Waals surface area contributed by atoms with Gasteiger partial charge in [-0.3, -0.25) is 4.90 Å². The van der Waals surface area contributed by atoms with E-state index in [1.807, 2.05) is 6.07 Å². The van der Waals surface area contributed by atoms with Gasteiger partial charge in [0, 0.05) is 43.7 Å². The van der Waals surface area contributed by atoms with Crippen LogP contribution in [0.1, 0.15) is 42.6 Å². The van der Waals surface area contributed by atoms with Crippen molar-refractivity contribution in [3.8, 4) is 11.5 Å². The zero-order valence-corrected chi connectivity index (χ0v) is 17.2. The Bertz CT molecular complexity index is 1050. The Kier molecular flexibility index (Phi) is 4.61. The molecule has 6 rings (SSSR count). The highest BCUT2D eigenvalue weighted by Gasteiger charge is 2.29. The first-order chi connectivity index (χ1) is 14.9. The summed E-state index contributed by atoms with van der Waals surface area (Å²) >= 11 is 0. The van der Waals surface area contributed by atoms with E-state index in [0.29, 0.717) is 18.8 Å². The fourth-order valence-corrected chi connectivity index (χ4v) is 5.30. The van der Waals surface area contributed by atoms with Crippen LogP contribution in [0.15, 0.2) is 42.5 Å². The van der Waals surface area contributed by atoms with E-state index in [-0.39, 0.29) is 0 Å². The van der Waals surface area contributed by atoms with Crippen molar-refractivity contribution in [2.45, 2.75) is 37.8 Å². The molecule has 1 N–H and O–H groups in total. The summed E-state index contributed by atoms with van der Waals surface area (Å²) in [7, 11) is 0. The van der Waals surface area contributed by atoms with E-state index in [1.165, 1.54) is 23.3 Å². The normalized spacial score (nSPS) is 22.2. The van der Waals surface area contributed by atoms with E-state index >= 15 is 0 Å². The summed E-state index contributed by atoms with van der Waals surface area (Å²) in [5.41, 5.74) is 3.66. The molecule has 0 aliphatic carbocycles. The van der Waals surface area contributed by atoms with E-state index in [9.17, 15) is 0 Å². The van der Waals surface area contributed by atoms with Crippen LogP contribution in [-0.4, -0.2) is 47.4 Å². The molecule has 0 saturated carbocycles. The Morgan fingerprint density at radius 3 is 2.77 bits per heavy atom. The maximum absolute atomic E-state index is 5.70. The van der Waals surface area contributed by atoms with Crippen LogP contribution in [0.5, 0.6) is 11.5 Å². The predicted octanol–water partition coefficient (Wildman–Crippen LogP) is 3.68. The first-order valence-electron chi connectivity index (χ1n) is 11.1. The van der Waals surface area contributed by atoms with Crippen LogP contribution in [0.2, 0.25) is 0 Å². The number of imidazole rings is 1. The Hall–Kier alpha value is -2.57. The Labute approximate surface area is 176 Å². The number of hydrogen-bond acceptors (Lipinski definition) is 5. The van der Waals surface area contributed by atoms with Gasteiger partial charge in [0.25, 0.3) is 0 Å². The highest BCUT2D eigenvalue weighted by atomic mass is 16.7. The lowest BCUT2D eigenvalue weighted by Crippen LogP contribution is -2.35. The number of para-hydroxylation sites is 3. The molecule has 0 spiro atoms. The SMILES string of the molecule is c1cc(CN2CCC(n3c([C@@H]4CCNC4)nc4ccccc43)CC2)c2c(c1)OCO2. The topological polar surface area (TPSA) is 51.6 Å². The first kappa shape index (κ1) is 18.2. The third kappa shape index (κ3) is 3.15. The van der Waals surface area contributed by atoms with Crippen molar-refractivity contribution < 1.29 is 9.47 Å². The predicted molar refractivity (Wildman–Crippen MR) is 116 cm³/mol. The van der Waals surface area contributed by atoms with Crippen LogP contribution in [-0.2, 0) is 6.54 Å². The lowest BCUT2D eigenvalue weighted by molar-refractivity contribution is 0.165. The smallest absolute Gasteiger partial charge is 0.231 e. The zero-order chi connectivity index (χ0) is 19.9. The average Bonchev–Trinajstić information content (AvgIpc) is 3.53. The minimum absolute atomic E-state index is 0.334. The van der Waals surface area contributed by atoms with Crippen LogP contribution in [0.25, 0.3) is 11.0 Å². The molecular formula is C24H28N4O2. The lowest BCUT2D eigenvalue weighted by Gasteiger charge is -2.34. The first-order valence-corrected chi connectivity index (χ1v) is 11.1. The number of rotatable bonds is 4. The van der Waals surface area contributed by atoms with Crippen LogP contribution in [0.4, 0.5) is 0 Å². The van der Waals surface area contributed by atoms with Gasteiger partial charge in [0.05, 0.1) is 11.0 Å². The maximum atomic E-state index is 5.70. The molecular weight excluding hydrogens is 376 g/mol. The average molecular weight is 405 g/mol. The van der Waals surface area contributed by atoms with E-state index < -0.39 is 0 Å². The van der Waals surface area contributed by atoms with E-state index in [1.54, 1.807) is 0 Å². The van der Waals surface area contributed by atoms with Crippen molar-refractivity contribution in [1.29, 1.82) is 0 Å². The van der Waals surface area contributed by atoms with Crippen LogP contribution < -0.4 is 14.8 Å². The highest BCUT2D eigenvalue weighted by Crippen LogP contribution is 2.37. The van der Waals surface area contributed by atoms with Gasteiger partial charge < -0.3 is 19.4 Å². The van der Waals surface area contributed by atoms with Crippen molar-refractivity contribution in [3.63, 3.8) is 0 Å². The number of ether oxygens (including phenoxy) is 2. The van der Waals surface area contributed by atoms with E-state index in [2.05, 4.69) is 51.2 Å². The summed E-state index contributed by atoms with van der Waals surface area (Å²) in [6.07, 6.45) is 3.49. The maximum Gasteiger partial charge on any atom is 0.231 e. The van der Waals surface area contributed by atoms with Crippen molar-refractivity contribution in [2.24, 2.45) is 0 Å². The highest BCUT2D eigenvalue weighted by molar-refractivity contribution is 5.76. The molecule has 4 heterocycles. The number of nitrogens with zero attached hydrogens (tertiary/aromatic N) is 3. The van der Waals surface area contributed by atoms with Crippen LogP contribution >= 0.6 is 0 Å². The van der Waals surface area contributed by atoms with Crippen molar-refractivity contribution in [1.82, 2.24) is 19.8 Å². The fourth-order valence-electron chi connectivity index (χ4n) is 5.30. The molecule has 3 aliphatic rings. The molecule has 0 amide bonds. The number of hydrogen-bond donors (Lipinski definition) is 1. The Balaban J connectivity index is 1.22. The summed E-state index contributed by atoms with van der Waals surface area (Å²) in [4.78, 5) is 7.62. The molecule has 0 bridgehead atoms. The van der Waals surface area contributed by atoms with Gasteiger partial charge in [0.15, 0.2) is 11.5 Å². The molecule has 3 aromatic rings. The molecule has 1 aromatic heterocycles. The molecule has 1 atom stereocenters. The van der Waals surface area contributed by atoms with Crippen LogP contribution in [0, 0.1) is 0 Å². The summed E-state index contributed by atoms with van der Waals surface area (Å²) < 4.78 is 13.8. The number of likely N-dealkylation sites (tertiary alicyclic amines) is 1. The van der Waals surface area contributed by atoms with Gasteiger partial charge in [-0.2, -0.15) is 0 Å². The summed E-state index contributed by atoms with van der Waals surface area (Å²) in [6.45, 7) is 5.57. The molecule has 2 aromatic carbocycles. The van der Waals surface area contributed by atoms with Gasteiger partial charge in [-0.1, -0.05) is 24.3 Å². The van der Waals surface area contributed by atoms with E-state index in [4.69, 9.17) is 14.5 Å². The molecule has 30 heavy (non-hydrogen) atoms. The number of aromatic nitrogens is 2. The molecule has 2 saturated heterocycles. The van der Waals surface area contributed by atoms with Crippen molar-refractivity contribution in [3.05, 3.63) is 53.9 Å². The number of nitrogens with one attached hydrogen (secondary N) is 1. The minimum Gasteiger partial charge on any atom is -0.454 e. The lowest BCUT2D eigenvalue weighted by atomic mass is 10.0. The zero-order valence-electron chi connectivity index (χ0n) is 17.2.